The van der Waals surface area contributed by atoms with Gasteiger partial charge in [0, 0.05) is 27.6 Å². The van der Waals surface area contributed by atoms with Gasteiger partial charge in [0.2, 0.25) is 0 Å². The number of nitrogen functional groups attached to an aromatic ring is 1. The highest BCUT2D eigenvalue weighted by atomic mass is 32.2. The minimum atomic E-state index is 0.491. The summed E-state index contributed by atoms with van der Waals surface area (Å²) in [5.74, 6) is 2.19. The topological polar surface area (TPSA) is 48.1 Å². The van der Waals surface area contributed by atoms with Gasteiger partial charge in [0.25, 0.3) is 0 Å². The molecule has 0 bridgehead atoms. The molecule has 0 atom stereocenters. The van der Waals surface area contributed by atoms with Gasteiger partial charge in [0.05, 0.1) is 17.3 Å². The van der Waals surface area contributed by atoms with Crippen molar-refractivity contribution >= 4 is 28.8 Å². The van der Waals surface area contributed by atoms with Crippen molar-refractivity contribution in [3.8, 4) is 5.75 Å². The van der Waals surface area contributed by atoms with E-state index in [1.165, 1.54) is 5.01 Å². The summed E-state index contributed by atoms with van der Waals surface area (Å²) in [7, 11) is 0. The number of benzene rings is 1. The molecule has 2 N–H and O–H groups in total. The zero-order chi connectivity index (χ0) is 14.5. The molecule has 1 aromatic heterocycles. The number of thiazole rings is 1. The van der Waals surface area contributed by atoms with E-state index < -0.39 is 0 Å². The molecule has 1 heterocycles. The summed E-state index contributed by atoms with van der Waals surface area (Å²) in [5.41, 5.74) is 7.91. The standard InChI is InChI=1S/C15H20N2OS2/c1-4-18-12-5-6-13(16)14(7-12)19-8-11-9-20-15(17-11)10(2)3/h5-7,9-10H,4,8,16H2,1-3H3. The van der Waals surface area contributed by atoms with Gasteiger partial charge in [-0.1, -0.05) is 13.8 Å². The fourth-order valence-electron chi connectivity index (χ4n) is 1.70. The van der Waals surface area contributed by atoms with E-state index in [9.17, 15) is 0 Å². The molecule has 108 valence electrons. The van der Waals surface area contributed by atoms with Gasteiger partial charge in [-0.2, -0.15) is 0 Å². The van der Waals surface area contributed by atoms with E-state index in [1.54, 1.807) is 23.1 Å². The monoisotopic (exact) mass is 308 g/mol. The zero-order valence-electron chi connectivity index (χ0n) is 12.1. The molecule has 2 aromatic rings. The Hall–Kier alpha value is -1.20. The SMILES string of the molecule is CCOc1ccc(N)c(SCc2csc(C(C)C)n2)c1. The lowest BCUT2D eigenvalue weighted by atomic mass is 10.2. The van der Waals surface area contributed by atoms with E-state index in [2.05, 4.69) is 24.2 Å². The number of hydrogen-bond donors (Lipinski definition) is 1. The number of nitrogens with zero attached hydrogens (tertiary/aromatic N) is 1. The van der Waals surface area contributed by atoms with Crippen molar-refractivity contribution in [1.82, 2.24) is 4.98 Å². The van der Waals surface area contributed by atoms with Crippen LogP contribution in [0.3, 0.4) is 0 Å². The van der Waals surface area contributed by atoms with Crippen LogP contribution < -0.4 is 10.5 Å². The van der Waals surface area contributed by atoms with Crippen LogP contribution in [0.25, 0.3) is 0 Å². The number of hydrogen-bond acceptors (Lipinski definition) is 5. The van der Waals surface area contributed by atoms with Gasteiger partial charge >= 0.3 is 0 Å². The lowest BCUT2D eigenvalue weighted by molar-refractivity contribution is 0.339. The maximum absolute atomic E-state index is 6.01. The zero-order valence-corrected chi connectivity index (χ0v) is 13.7. The average Bonchev–Trinajstić information content (AvgIpc) is 2.89. The predicted octanol–water partition coefficient (Wildman–Crippen LogP) is 4.54. The van der Waals surface area contributed by atoms with Crippen LogP contribution in [0.2, 0.25) is 0 Å². The van der Waals surface area contributed by atoms with Crippen molar-refractivity contribution in [3.05, 3.63) is 34.3 Å². The number of ether oxygens (including phenoxy) is 1. The Morgan fingerprint density at radius 1 is 1.40 bits per heavy atom. The van der Waals surface area contributed by atoms with Crippen molar-refractivity contribution < 1.29 is 4.74 Å². The first kappa shape index (κ1) is 15.2. The Bertz CT molecular complexity index is 567. The molecule has 0 aliphatic rings. The second-order valence-corrected chi connectivity index (χ2v) is 6.66. The van der Waals surface area contributed by atoms with Crippen LogP contribution in [0.1, 0.15) is 37.4 Å². The lowest BCUT2D eigenvalue weighted by Crippen LogP contribution is -1.94. The van der Waals surface area contributed by atoms with Crippen molar-refractivity contribution in [1.29, 1.82) is 0 Å². The summed E-state index contributed by atoms with van der Waals surface area (Å²) < 4.78 is 5.51. The van der Waals surface area contributed by atoms with E-state index in [0.717, 1.165) is 27.8 Å². The second kappa shape index (κ2) is 6.99. The Labute approximate surface area is 128 Å². The maximum atomic E-state index is 6.01. The van der Waals surface area contributed by atoms with Gasteiger partial charge < -0.3 is 10.5 Å². The summed E-state index contributed by atoms with van der Waals surface area (Å²) in [5, 5.41) is 3.32. The quantitative estimate of drug-likeness (QED) is 0.628. The van der Waals surface area contributed by atoms with Gasteiger partial charge in [-0.25, -0.2) is 4.98 Å². The van der Waals surface area contributed by atoms with Gasteiger partial charge in [-0.3, -0.25) is 0 Å². The lowest BCUT2D eigenvalue weighted by Gasteiger charge is -2.08. The minimum Gasteiger partial charge on any atom is -0.494 e. The molecule has 0 saturated carbocycles. The number of nitrogens with two attached hydrogens (primary N) is 1. The van der Waals surface area contributed by atoms with E-state index in [4.69, 9.17) is 10.5 Å². The third-order valence-electron chi connectivity index (χ3n) is 2.73. The molecule has 1 aromatic carbocycles. The fraction of sp³-hybridized carbons (Fsp3) is 0.400. The third kappa shape index (κ3) is 3.90. The molecule has 3 nitrogen and oxygen atoms in total. The molecule has 0 spiro atoms. The van der Waals surface area contributed by atoms with Gasteiger partial charge in [-0.15, -0.1) is 23.1 Å². The van der Waals surface area contributed by atoms with Crippen LogP contribution in [0.5, 0.6) is 5.75 Å². The molecule has 0 saturated heterocycles. The normalized spacial score (nSPS) is 11.0. The van der Waals surface area contributed by atoms with Gasteiger partial charge in [0.15, 0.2) is 0 Å². The molecule has 5 heteroatoms. The smallest absolute Gasteiger partial charge is 0.120 e. The highest BCUT2D eigenvalue weighted by molar-refractivity contribution is 7.98. The summed E-state index contributed by atoms with van der Waals surface area (Å²) in [6, 6.07) is 5.80. The molecule has 0 aliphatic carbocycles. The van der Waals surface area contributed by atoms with E-state index in [0.29, 0.717) is 12.5 Å². The first-order chi connectivity index (χ1) is 9.60. The Kier molecular flexibility index (Phi) is 5.31. The maximum Gasteiger partial charge on any atom is 0.120 e. The minimum absolute atomic E-state index is 0.491. The summed E-state index contributed by atoms with van der Waals surface area (Å²) in [6.07, 6.45) is 0. The Morgan fingerprint density at radius 3 is 2.85 bits per heavy atom. The van der Waals surface area contributed by atoms with Gasteiger partial charge in [0.1, 0.15) is 5.75 Å². The summed E-state index contributed by atoms with van der Waals surface area (Å²) in [6.45, 7) is 6.97. The van der Waals surface area contributed by atoms with Crippen molar-refractivity contribution in [2.24, 2.45) is 0 Å². The van der Waals surface area contributed by atoms with Crippen molar-refractivity contribution in [3.63, 3.8) is 0 Å². The molecule has 0 fully saturated rings. The third-order valence-corrected chi connectivity index (χ3v) is 5.03. The largest absolute Gasteiger partial charge is 0.494 e. The summed E-state index contributed by atoms with van der Waals surface area (Å²) >= 11 is 3.43. The molecule has 2 rings (SSSR count). The van der Waals surface area contributed by atoms with Crippen LogP contribution in [0.4, 0.5) is 5.69 Å². The van der Waals surface area contributed by atoms with Crippen molar-refractivity contribution in [2.45, 2.75) is 37.3 Å². The molecular weight excluding hydrogens is 288 g/mol. The van der Waals surface area contributed by atoms with Crippen LogP contribution >= 0.6 is 23.1 Å². The number of thioether (sulfide) groups is 1. The van der Waals surface area contributed by atoms with Crippen LogP contribution in [0.15, 0.2) is 28.5 Å². The predicted molar refractivity (Wildman–Crippen MR) is 87.8 cm³/mol. The summed E-state index contributed by atoms with van der Waals surface area (Å²) in [4.78, 5) is 5.69. The van der Waals surface area contributed by atoms with E-state index in [1.807, 2.05) is 25.1 Å². The van der Waals surface area contributed by atoms with E-state index >= 15 is 0 Å². The number of aromatic nitrogens is 1. The first-order valence-corrected chi connectivity index (χ1v) is 8.56. The molecule has 20 heavy (non-hydrogen) atoms. The first-order valence-electron chi connectivity index (χ1n) is 6.69. The average molecular weight is 308 g/mol. The van der Waals surface area contributed by atoms with Crippen LogP contribution in [-0.4, -0.2) is 11.6 Å². The molecule has 0 unspecified atom stereocenters. The molecule has 0 radical (unpaired) electrons. The number of rotatable bonds is 6. The van der Waals surface area contributed by atoms with Crippen molar-refractivity contribution in [2.75, 3.05) is 12.3 Å². The molecule has 0 amide bonds. The highest BCUT2D eigenvalue weighted by Crippen LogP contribution is 2.32. The Balaban J connectivity index is 2.03. The fourth-order valence-corrected chi connectivity index (χ4v) is 3.53. The van der Waals surface area contributed by atoms with E-state index in [-0.39, 0.29) is 0 Å². The van der Waals surface area contributed by atoms with Gasteiger partial charge in [-0.05, 0) is 25.1 Å². The highest BCUT2D eigenvalue weighted by Gasteiger charge is 2.08. The molecular formula is C15H20N2OS2. The van der Waals surface area contributed by atoms with Crippen LogP contribution in [0, 0.1) is 0 Å². The Morgan fingerprint density at radius 2 is 2.20 bits per heavy atom. The molecule has 0 aliphatic heterocycles. The second-order valence-electron chi connectivity index (χ2n) is 4.75. The van der Waals surface area contributed by atoms with Crippen LogP contribution in [-0.2, 0) is 5.75 Å². The number of anilines is 1.